The zero-order chi connectivity index (χ0) is 17.1. The van der Waals surface area contributed by atoms with E-state index in [1.165, 1.54) is 37.4 Å². The number of thioether (sulfide) groups is 1. The van der Waals surface area contributed by atoms with E-state index in [0.717, 1.165) is 17.0 Å². The molecule has 2 saturated carbocycles. The number of hydrogen-bond acceptors (Lipinski definition) is 5. The SMILES string of the molecule is COCCn1cnnc1SC(C)C(=O)NC(C)C1CC2CCC1C2. The van der Waals surface area contributed by atoms with Gasteiger partial charge in [-0.3, -0.25) is 4.79 Å². The first-order valence-corrected chi connectivity index (χ1v) is 9.80. The van der Waals surface area contributed by atoms with Crippen molar-refractivity contribution < 1.29 is 9.53 Å². The van der Waals surface area contributed by atoms with Crippen molar-refractivity contribution in [2.24, 2.45) is 17.8 Å². The molecule has 1 aromatic heterocycles. The quantitative estimate of drug-likeness (QED) is 0.727. The van der Waals surface area contributed by atoms with E-state index in [2.05, 4.69) is 22.4 Å². The molecule has 2 bridgehead atoms. The fraction of sp³-hybridized carbons (Fsp3) is 0.824. The molecule has 24 heavy (non-hydrogen) atoms. The molecule has 1 heterocycles. The number of rotatable bonds is 8. The Labute approximate surface area is 148 Å². The Morgan fingerprint density at radius 1 is 1.46 bits per heavy atom. The predicted octanol–water partition coefficient (Wildman–Crippen LogP) is 2.35. The van der Waals surface area contributed by atoms with E-state index in [1.54, 1.807) is 13.4 Å². The van der Waals surface area contributed by atoms with Crippen LogP contribution in [0.3, 0.4) is 0 Å². The van der Waals surface area contributed by atoms with Crippen LogP contribution in [0.5, 0.6) is 0 Å². The van der Waals surface area contributed by atoms with Gasteiger partial charge in [-0.2, -0.15) is 0 Å². The number of ether oxygens (including phenoxy) is 1. The minimum absolute atomic E-state index is 0.0940. The molecule has 5 unspecified atom stereocenters. The molecule has 2 aliphatic carbocycles. The summed E-state index contributed by atoms with van der Waals surface area (Å²) in [5.74, 6) is 2.49. The van der Waals surface area contributed by atoms with Crippen molar-refractivity contribution in [1.29, 1.82) is 0 Å². The summed E-state index contributed by atoms with van der Waals surface area (Å²) in [6.45, 7) is 5.40. The molecular weight excluding hydrogens is 324 g/mol. The van der Waals surface area contributed by atoms with Crippen LogP contribution in [0.1, 0.15) is 39.5 Å². The highest BCUT2D eigenvalue weighted by molar-refractivity contribution is 8.00. The number of nitrogens with zero attached hydrogens (tertiary/aromatic N) is 3. The molecular formula is C17H28N4O2S. The normalized spacial score (nSPS) is 28.0. The fourth-order valence-electron chi connectivity index (χ4n) is 4.25. The van der Waals surface area contributed by atoms with Gasteiger partial charge in [-0.05, 0) is 50.9 Å². The van der Waals surface area contributed by atoms with Crippen molar-refractivity contribution >= 4 is 17.7 Å². The molecule has 0 saturated heterocycles. The summed E-state index contributed by atoms with van der Waals surface area (Å²) in [4.78, 5) is 12.6. The third kappa shape index (κ3) is 3.94. The number of carbonyl (C=O) groups excluding carboxylic acids is 1. The predicted molar refractivity (Wildman–Crippen MR) is 93.8 cm³/mol. The van der Waals surface area contributed by atoms with Crippen LogP contribution in [0.4, 0.5) is 0 Å². The van der Waals surface area contributed by atoms with E-state index in [0.29, 0.717) is 19.1 Å². The van der Waals surface area contributed by atoms with Crippen LogP contribution in [-0.2, 0) is 16.1 Å². The van der Waals surface area contributed by atoms with Crippen LogP contribution in [0, 0.1) is 17.8 Å². The Morgan fingerprint density at radius 2 is 2.29 bits per heavy atom. The minimum atomic E-state index is -0.184. The van der Waals surface area contributed by atoms with Crippen LogP contribution >= 0.6 is 11.8 Å². The Hall–Kier alpha value is -1.08. The smallest absolute Gasteiger partial charge is 0.233 e. The lowest BCUT2D eigenvalue weighted by molar-refractivity contribution is -0.121. The van der Waals surface area contributed by atoms with Gasteiger partial charge in [0.2, 0.25) is 5.91 Å². The molecule has 0 radical (unpaired) electrons. The minimum Gasteiger partial charge on any atom is -0.383 e. The lowest BCUT2D eigenvalue weighted by atomic mass is 9.84. The number of nitrogens with one attached hydrogen (secondary N) is 1. The number of amides is 1. The Morgan fingerprint density at radius 3 is 2.96 bits per heavy atom. The molecule has 3 rings (SSSR count). The number of methoxy groups -OCH3 is 1. The van der Waals surface area contributed by atoms with Gasteiger partial charge >= 0.3 is 0 Å². The van der Waals surface area contributed by atoms with Crippen LogP contribution in [0.25, 0.3) is 0 Å². The number of carbonyl (C=O) groups is 1. The summed E-state index contributed by atoms with van der Waals surface area (Å²) in [5, 5.41) is 11.9. The standard InChI is InChI=1S/C17H28N4O2S/c1-11(15-9-13-4-5-14(15)8-13)19-16(22)12(2)24-17-20-18-10-21(17)6-7-23-3/h10-15H,4-9H2,1-3H3,(H,19,22). The summed E-state index contributed by atoms with van der Waals surface area (Å²) in [7, 11) is 1.67. The maximum absolute atomic E-state index is 12.6. The summed E-state index contributed by atoms with van der Waals surface area (Å²) in [5.41, 5.74) is 0. The van der Waals surface area contributed by atoms with Crippen molar-refractivity contribution in [3.8, 4) is 0 Å². The van der Waals surface area contributed by atoms with Crippen LogP contribution in [-0.4, -0.2) is 45.7 Å². The third-order valence-corrected chi connectivity index (χ3v) is 6.67. The molecule has 1 N–H and O–H groups in total. The molecule has 134 valence electrons. The highest BCUT2D eigenvalue weighted by Crippen LogP contribution is 2.49. The molecule has 2 fully saturated rings. The molecule has 0 aromatic carbocycles. The second-order valence-electron chi connectivity index (χ2n) is 7.20. The zero-order valence-electron chi connectivity index (χ0n) is 14.8. The molecule has 7 heteroatoms. The first-order chi connectivity index (χ1) is 11.6. The molecule has 5 atom stereocenters. The number of aromatic nitrogens is 3. The van der Waals surface area contributed by atoms with E-state index < -0.39 is 0 Å². The number of hydrogen-bond donors (Lipinski definition) is 1. The summed E-state index contributed by atoms with van der Waals surface area (Å²) in [6, 6.07) is 0.266. The van der Waals surface area contributed by atoms with Gasteiger partial charge in [-0.25, -0.2) is 0 Å². The largest absolute Gasteiger partial charge is 0.383 e. The Balaban J connectivity index is 1.50. The van der Waals surface area contributed by atoms with Crippen LogP contribution < -0.4 is 5.32 Å². The maximum Gasteiger partial charge on any atom is 0.233 e. The summed E-state index contributed by atoms with van der Waals surface area (Å²) < 4.78 is 7.02. The van der Waals surface area contributed by atoms with Crippen molar-refractivity contribution in [3.05, 3.63) is 6.33 Å². The van der Waals surface area contributed by atoms with Gasteiger partial charge in [-0.1, -0.05) is 18.2 Å². The maximum atomic E-state index is 12.6. The van der Waals surface area contributed by atoms with E-state index in [1.807, 2.05) is 11.5 Å². The average Bonchev–Trinajstić information content (AvgIpc) is 3.29. The topological polar surface area (TPSA) is 69.0 Å². The van der Waals surface area contributed by atoms with E-state index in [4.69, 9.17) is 4.74 Å². The highest BCUT2D eigenvalue weighted by atomic mass is 32.2. The van der Waals surface area contributed by atoms with Crippen molar-refractivity contribution in [2.45, 2.75) is 62.5 Å². The highest BCUT2D eigenvalue weighted by Gasteiger charge is 2.42. The second-order valence-corrected chi connectivity index (χ2v) is 8.50. The van der Waals surface area contributed by atoms with Crippen LogP contribution in [0.15, 0.2) is 11.5 Å². The van der Waals surface area contributed by atoms with Crippen molar-refractivity contribution in [3.63, 3.8) is 0 Å². The van der Waals surface area contributed by atoms with Crippen molar-refractivity contribution in [2.75, 3.05) is 13.7 Å². The zero-order valence-corrected chi connectivity index (χ0v) is 15.6. The average molecular weight is 353 g/mol. The molecule has 0 aliphatic heterocycles. The van der Waals surface area contributed by atoms with Gasteiger partial charge in [0, 0.05) is 19.7 Å². The molecule has 2 aliphatic rings. The summed E-state index contributed by atoms with van der Waals surface area (Å²) >= 11 is 1.46. The van der Waals surface area contributed by atoms with Gasteiger partial charge < -0.3 is 14.6 Å². The van der Waals surface area contributed by atoms with Gasteiger partial charge in [0.1, 0.15) is 6.33 Å². The van der Waals surface area contributed by atoms with Crippen LogP contribution in [0.2, 0.25) is 0 Å². The summed E-state index contributed by atoms with van der Waals surface area (Å²) in [6.07, 6.45) is 7.09. The van der Waals surface area contributed by atoms with E-state index >= 15 is 0 Å². The first kappa shape index (κ1) is 17.7. The van der Waals surface area contributed by atoms with Gasteiger partial charge in [0.15, 0.2) is 5.16 Å². The van der Waals surface area contributed by atoms with Crippen molar-refractivity contribution in [1.82, 2.24) is 20.1 Å². The Kier molecular flexibility index (Phi) is 5.81. The van der Waals surface area contributed by atoms with E-state index in [-0.39, 0.29) is 17.2 Å². The third-order valence-electron chi connectivity index (χ3n) is 5.57. The van der Waals surface area contributed by atoms with E-state index in [9.17, 15) is 4.79 Å². The number of fused-ring (bicyclic) bond motifs is 2. The lowest BCUT2D eigenvalue weighted by Crippen LogP contribution is -2.43. The second kappa shape index (κ2) is 7.87. The molecule has 6 nitrogen and oxygen atoms in total. The Bertz CT molecular complexity index is 565. The molecule has 1 aromatic rings. The molecule has 0 spiro atoms. The first-order valence-electron chi connectivity index (χ1n) is 8.92. The fourth-order valence-corrected chi connectivity index (χ4v) is 5.10. The molecule has 1 amide bonds. The monoisotopic (exact) mass is 352 g/mol. The van der Waals surface area contributed by atoms with Gasteiger partial charge in [0.05, 0.1) is 11.9 Å². The van der Waals surface area contributed by atoms with Gasteiger partial charge in [-0.15, -0.1) is 10.2 Å². The van der Waals surface area contributed by atoms with Gasteiger partial charge in [0.25, 0.3) is 0 Å². The lowest BCUT2D eigenvalue weighted by Gasteiger charge is -2.29.